The highest BCUT2D eigenvalue weighted by molar-refractivity contribution is 5.95. The summed E-state index contributed by atoms with van der Waals surface area (Å²) in [6, 6.07) is 14.9. The van der Waals surface area contributed by atoms with Gasteiger partial charge in [-0.05, 0) is 74.3 Å². The molecule has 32 heavy (non-hydrogen) atoms. The topological polar surface area (TPSA) is 76.1 Å². The Labute approximate surface area is 187 Å². The number of hydrogen-bond acceptors (Lipinski definition) is 4. The lowest BCUT2D eigenvalue weighted by Gasteiger charge is -2.29. The van der Waals surface area contributed by atoms with Crippen LogP contribution in [0.1, 0.15) is 39.0 Å². The number of nitrogens with zero attached hydrogens (tertiary/aromatic N) is 1. The van der Waals surface area contributed by atoms with Gasteiger partial charge in [0.2, 0.25) is 0 Å². The summed E-state index contributed by atoms with van der Waals surface area (Å²) in [5.41, 5.74) is 1.01. The van der Waals surface area contributed by atoms with E-state index in [1.807, 2.05) is 18.2 Å². The second-order valence-corrected chi connectivity index (χ2v) is 8.18. The Morgan fingerprint density at radius 3 is 2.22 bits per heavy atom. The van der Waals surface area contributed by atoms with Crippen LogP contribution < -0.4 is 4.90 Å². The largest absolute Gasteiger partial charge is 0.479 e. The zero-order valence-corrected chi connectivity index (χ0v) is 18.3. The van der Waals surface area contributed by atoms with Crippen molar-refractivity contribution in [1.29, 1.82) is 0 Å². The van der Waals surface area contributed by atoms with Gasteiger partial charge in [0.05, 0.1) is 24.6 Å². The molecule has 0 heterocycles. The molecule has 1 atom stereocenters. The van der Waals surface area contributed by atoms with E-state index in [2.05, 4.69) is 0 Å². The number of benzene rings is 2. The molecule has 172 valence electrons. The summed E-state index contributed by atoms with van der Waals surface area (Å²) in [6.45, 7) is 2.53. The van der Waals surface area contributed by atoms with E-state index in [1.165, 1.54) is 17.0 Å². The lowest BCUT2D eigenvalue weighted by molar-refractivity contribution is -0.151. The van der Waals surface area contributed by atoms with E-state index in [9.17, 15) is 14.0 Å². The van der Waals surface area contributed by atoms with Gasteiger partial charge in [0.15, 0.2) is 6.10 Å². The fraction of sp³-hybridized carbons (Fsp3) is 0.440. The molecule has 2 aromatic carbocycles. The van der Waals surface area contributed by atoms with Crippen molar-refractivity contribution in [3.05, 3.63) is 60.4 Å². The lowest BCUT2D eigenvalue weighted by Crippen LogP contribution is -2.30. The molecule has 1 amide bonds. The maximum atomic E-state index is 13.8. The third-order valence-corrected chi connectivity index (χ3v) is 5.85. The average molecular weight is 444 g/mol. The quantitative estimate of drug-likeness (QED) is 0.531. The number of carboxylic acids is 1. The number of ether oxygens (including phenoxy) is 2. The van der Waals surface area contributed by atoms with Crippen LogP contribution in [0.15, 0.2) is 54.6 Å². The molecule has 1 N–H and O–H groups in total. The average Bonchev–Trinajstić information content (AvgIpc) is 2.79. The zero-order chi connectivity index (χ0) is 22.9. The maximum Gasteiger partial charge on any atom is 0.418 e. The van der Waals surface area contributed by atoms with Crippen LogP contribution in [0.2, 0.25) is 0 Å². The molecule has 1 aliphatic rings. The number of carboxylic acid groups (broad SMARTS) is 1. The summed E-state index contributed by atoms with van der Waals surface area (Å²) >= 11 is 0. The van der Waals surface area contributed by atoms with Gasteiger partial charge >= 0.3 is 12.1 Å². The minimum absolute atomic E-state index is 0.238. The highest BCUT2D eigenvalue weighted by atomic mass is 19.1. The molecular formula is C25H30FNO5. The normalized spacial score (nSPS) is 19.2. The van der Waals surface area contributed by atoms with Crippen LogP contribution >= 0.6 is 0 Å². The van der Waals surface area contributed by atoms with E-state index in [0.29, 0.717) is 30.3 Å². The van der Waals surface area contributed by atoms with Crippen LogP contribution in [0.3, 0.4) is 0 Å². The number of rotatable bonds is 9. The van der Waals surface area contributed by atoms with E-state index in [1.54, 1.807) is 31.2 Å². The van der Waals surface area contributed by atoms with Crippen molar-refractivity contribution in [2.24, 2.45) is 11.8 Å². The molecule has 0 saturated heterocycles. The molecule has 0 spiro atoms. The van der Waals surface area contributed by atoms with E-state index in [-0.39, 0.29) is 12.5 Å². The lowest BCUT2D eigenvalue weighted by atomic mass is 9.83. The summed E-state index contributed by atoms with van der Waals surface area (Å²) in [5.74, 6) is -0.787. The Balaban J connectivity index is 1.53. The smallest absolute Gasteiger partial charge is 0.418 e. The van der Waals surface area contributed by atoms with E-state index < -0.39 is 24.0 Å². The zero-order valence-electron chi connectivity index (χ0n) is 18.3. The second kappa shape index (κ2) is 11.6. The molecule has 1 fully saturated rings. The number of halogens is 1. The monoisotopic (exact) mass is 443 g/mol. The van der Waals surface area contributed by atoms with Crippen LogP contribution in [0.25, 0.3) is 0 Å². The molecule has 0 bridgehead atoms. The first-order chi connectivity index (χ1) is 15.5. The van der Waals surface area contributed by atoms with Gasteiger partial charge in [-0.3, -0.25) is 0 Å². The summed E-state index contributed by atoms with van der Waals surface area (Å²) < 4.78 is 25.0. The minimum atomic E-state index is -0.922. The van der Waals surface area contributed by atoms with Gasteiger partial charge in [0.1, 0.15) is 5.82 Å². The predicted octanol–water partition coefficient (Wildman–Crippen LogP) is 5.79. The highest BCUT2D eigenvalue weighted by Crippen LogP contribution is 2.31. The van der Waals surface area contributed by atoms with E-state index in [4.69, 9.17) is 14.6 Å². The van der Waals surface area contributed by atoms with Gasteiger partial charge in [-0.1, -0.05) is 31.2 Å². The van der Waals surface area contributed by atoms with Crippen LogP contribution in [-0.4, -0.2) is 36.5 Å². The van der Waals surface area contributed by atoms with Crippen LogP contribution in [-0.2, 0) is 14.3 Å². The number of aliphatic carboxylic acids is 1. The second-order valence-electron chi connectivity index (χ2n) is 8.18. The summed E-state index contributed by atoms with van der Waals surface area (Å²) in [6.07, 6.45) is 2.74. The number of carbonyl (C=O) groups is 2. The van der Waals surface area contributed by atoms with Crippen LogP contribution in [0, 0.1) is 17.7 Å². The number of para-hydroxylation sites is 1. The molecule has 3 rings (SSSR count). The predicted molar refractivity (Wildman–Crippen MR) is 119 cm³/mol. The Morgan fingerprint density at radius 1 is 1.00 bits per heavy atom. The molecular weight excluding hydrogens is 413 g/mol. The Kier molecular flexibility index (Phi) is 8.62. The molecule has 0 aliphatic heterocycles. The van der Waals surface area contributed by atoms with Gasteiger partial charge in [-0.25, -0.2) is 18.9 Å². The number of carbonyl (C=O) groups excluding carboxylic acids is 1. The van der Waals surface area contributed by atoms with Crippen LogP contribution in [0.5, 0.6) is 0 Å². The summed E-state index contributed by atoms with van der Waals surface area (Å²) in [7, 11) is 0. The van der Waals surface area contributed by atoms with Gasteiger partial charge in [-0.15, -0.1) is 0 Å². The summed E-state index contributed by atoms with van der Waals surface area (Å²) in [5, 5.41) is 9.09. The highest BCUT2D eigenvalue weighted by Gasteiger charge is 2.26. The molecule has 1 unspecified atom stereocenters. The third-order valence-electron chi connectivity index (χ3n) is 5.85. The number of anilines is 2. The molecule has 6 nitrogen and oxygen atoms in total. The van der Waals surface area contributed by atoms with Crippen molar-refractivity contribution >= 4 is 23.4 Å². The Morgan fingerprint density at radius 2 is 1.62 bits per heavy atom. The minimum Gasteiger partial charge on any atom is -0.479 e. The fourth-order valence-corrected chi connectivity index (χ4v) is 3.99. The molecule has 0 aromatic heterocycles. The van der Waals surface area contributed by atoms with Gasteiger partial charge in [0, 0.05) is 0 Å². The van der Waals surface area contributed by atoms with Crippen molar-refractivity contribution in [2.45, 2.75) is 45.1 Å². The summed E-state index contributed by atoms with van der Waals surface area (Å²) in [4.78, 5) is 25.4. The maximum absolute atomic E-state index is 13.8. The number of hydrogen-bond donors (Lipinski definition) is 1. The van der Waals surface area contributed by atoms with E-state index in [0.717, 1.165) is 25.7 Å². The first-order valence-electron chi connectivity index (χ1n) is 11.1. The Hall–Kier alpha value is -2.93. The van der Waals surface area contributed by atoms with E-state index >= 15 is 0 Å². The van der Waals surface area contributed by atoms with Crippen LogP contribution in [0.4, 0.5) is 20.6 Å². The number of amides is 1. The molecule has 2 aromatic rings. The van der Waals surface area contributed by atoms with Gasteiger partial charge in [0.25, 0.3) is 0 Å². The van der Waals surface area contributed by atoms with Crippen molar-refractivity contribution in [1.82, 2.24) is 0 Å². The molecule has 1 aliphatic carbocycles. The molecule has 7 heteroatoms. The van der Waals surface area contributed by atoms with Crippen molar-refractivity contribution in [3.63, 3.8) is 0 Å². The molecule has 0 radical (unpaired) electrons. The fourth-order valence-electron chi connectivity index (χ4n) is 3.99. The third kappa shape index (κ3) is 6.53. The van der Waals surface area contributed by atoms with Gasteiger partial charge < -0.3 is 14.6 Å². The van der Waals surface area contributed by atoms with Crippen molar-refractivity contribution in [2.75, 3.05) is 18.1 Å². The van der Waals surface area contributed by atoms with Gasteiger partial charge in [-0.2, -0.15) is 0 Å². The first-order valence-corrected chi connectivity index (χ1v) is 11.1. The Bertz CT molecular complexity index is 883. The van der Waals surface area contributed by atoms with Crippen molar-refractivity contribution < 1.29 is 28.6 Å². The SMILES string of the molecule is CCC(OCC1CCC(COC(=O)N(c2ccccc2)c2cccc(F)c2)CC1)C(=O)O. The first kappa shape index (κ1) is 23.7. The molecule has 1 saturated carbocycles. The standard InChI is InChI=1S/C25H30FNO5/c1-2-23(24(28)29)31-16-18-11-13-19(14-12-18)17-32-25(30)27(21-8-4-3-5-9-21)22-10-6-7-20(26)15-22/h3-10,15,18-19,23H,2,11-14,16-17H2,1H3,(H,28,29). The van der Waals surface area contributed by atoms with Crippen molar-refractivity contribution in [3.8, 4) is 0 Å².